The Labute approximate surface area is 115 Å². The van der Waals surface area contributed by atoms with Gasteiger partial charge >= 0.3 is 5.97 Å². The summed E-state index contributed by atoms with van der Waals surface area (Å²) >= 11 is 3.14. The molecule has 0 aliphatic heterocycles. The summed E-state index contributed by atoms with van der Waals surface area (Å²) in [5.74, 6) is -0.258. The Balaban J connectivity index is 2.30. The van der Waals surface area contributed by atoms with Crippen LogP contribution >= 0.6 is 23.1 Å². The van der Waals surface area contributed by atoms with E-state index >= 15 is 0 Å². The van der Waals surface area contributed by atoms with Gasteiger partial charge in [-0.2, -0.15) is 0 Å². The predicted molar refractivity (Wildman–Crippen MR) is 74.9 cm³/mol. The third kappa shape index (κ3) is 5.10. The van der Waals surface area contributed by atoms with E-state index in [2.05, 4.69) is 5.32 Å². The number of nitrogens with one attached hydrogen (secondary N) is 1. The molecule has 1 aromatic heterocycles. The van der Waals surface area contributed by atoms with Crippen molar-refractivity contribution in [3.05, 3.63) is 22.4 Å². The van der Waals surface area contributed by atoms with E-state index in [0.29, 0.717) is 0 Å². The Kier molecular flexibility index (Phi) is 6.21. The van der Waals surface area contributed by atoms with Crippen molar-refractivity contribution in [3.8, 4) is 0 Å². The van der Waals surface area contributed by atoms with Crippen LogP contribution in [0.25, 0.3) is 0 Å². The van der Waals surface area contributed by atoms with Crippen molar-refractivity contribution in [1.29, 1.82) is 0 Å². The number of thioether (sulfide) groups is 1. The summed E-state index contributed by atoms with van der Waals surface area (Å²) in [6.45, 7) is 3.55. The van der Waals surface area contributed by atoms with Gasteiger partial charge in [0.25, 0.3) is 0 Å². The van der Waals surface area contributed by atoms with Gasteiger partial charge in [0.15, 0.2) is 0 Å². The molecule has 0 aliphatic carbocycles. The van der Waals surface area contributed by atoms with E-state index in [-0.39, 0.29) is 17.6 Å². The van der Waals surface area contributed by atoms with Crippen LogP contribution in [-0.2, 0) is 15.3 Å². The van der Waals surface area contributed by atoms with E-state index in [1.807, 2.05) is 17.5 Å². The number of carbonyl (C=O) groups is 2. The van der Waals surface area contributed by atoms with Crippen LogP contribution in [0.15, 0.2) is 17.5 Å². The number of carboxylic acid groups (broad SMARTS) is 1. The molecule has 1 rings (SSSR count). The fourth-order valence-electron chi connectivity index (χ4n) is 1.37. The molecular weight excluding hydrogens is 270 g/mol. The first-order valence-corrected chi connectivity index (χ1v) is 7.66. The van der Waals surface area contributed by atoms with Gasteiger partial charge in [0.05, 0.1) is 5.75 Å². The van der Waals surface area contributed by atoms with Gasteiger partial charge in [-0.1, -0.05) is 19.9 Å². The molecule has 0 spiro atoms. The number of rotatable bonds is 7. The molecule has 1 unspecified atom stereocenters. The second kappa shape index (κ2) is 7.43. The van der Waals surface area contributed by atoms with Crippen LogP contribution in [0.3, 0.4) is 0 Å². The first-order chi connectivity index (χ1) is 8.50. The van der Waals surface area contributed by atoms with Gasteiger partial charge in [0.1, 0.15) is 6.04 Å². The molecule has 0 aliphatic rings. The molecule has 0 saturated heterocycles. The molecule has 0 bridgehead atoms. The van der Waals surface area contributed by atoms with Gasteiger partial charge in [0.2, 0.25) is 5.91 Å². The topological polar surface area (TPSA) is 66.4 Å². The van der Waals surface area contributed by atoms with Crippen molar-refractivity contribution < 1.29 is 14.7 Å². The second-order valence-electron chi connectivity index (χ2n) is 4.20. The first-order valence-electron chi connectivity index (χ1n) is 5.63. The van der Waals surface area contributed by atoms with Crippen LogP contribution < -0.4 is 5.32 Å². The van der Waals surface area contributed by atoms with Crippen molar-refractivity contribution in [1.82, 2.24) is 5.32 Å². The highest BCUT2D eigenvalue weighted by atomic mass is 32.2. The van der Waals surface area contributed by atoms with Crippen LogP contribution in [0.5, 0.6) is 0 Å². The molecule has 6 heteroatoms. The van der Waals surface area contributed by atoms with Gasteiger partial charge in [0, 0.05) is 10.6 Å². The maximum absolute atomic E-state index is 11.6. The molecule has 100 valence electrons. The highest BCUT2D eigenvalue weighted by molar-refractivity contribution is 7.99. The smallest absolute Gasteiger partial charge is 0.326 e. The quantitative estimate of drug-likeness (QED) is 0.807. The number of hydrogen-bond acceptors (Lipinski definition) is 4. The molecule has 1 atom stereocenters. The Morgan fingerprint density at radius 3 is 2.72 bits per heavy atom. The van der Waals surface area contributed by atoms with E-state index < -0.39 is 12.0 Å². The third-order valence-corrected chi connectivity index (χ3v) is 4.35. The lowest BCUT2D eigenvalue weighted by Crippen LogP contribution is -2.45. The summed E-state index contributed by atoms with van der Waals surface area (Å²) in [5, 5.41) is 13.5. The lowest BCUT2D eigenvalue weighted by atomic mass is 10.1. The molecule has 0 saturated carbocycles. The zero-order valence-corrected chi connectivity index (χ0v) is 12.0. The minimum Gasteiger partial charge on any atom is -0.480 e. The summed E-state index contributed by atoms with van der Waals surface area (Å²) in [5.41, 5.74) is 0. The van der Waals surface area contributed by atoms with Gasteiger partial charge in [-0.25, -0.2) is 4.79 Å². The van der Waals surface area contributed by atoms with E-state index in [0.717, 1.165) is 5.75 Å². The number of hydrogen-bond donors (Lipinski definition) is 2. The summed E-state index contributed by atoms with van der Waals surface area (Å²) in [7, 11) is 0. The second-order valence-corrected chi connectivity index (χ2v) is 6.22. The molecule has 1 aromatic rings. The van der Waals surface area contributed by atoms with Crippen LogP contribution in [0, 0.1) is 5.92 Å². The largest absolute Gasteiger partial charge is 0.480 e. The highest BCUT2D eigenvalue weighted by Crippen LogP contribution is 2.16. The minimum atomic E-state index is -0.985. The van der Waals surface area contributed by atoms with Crippen LogP contribution in [0.4, 0.5) is 0 Å². The number of carboxylic acids is 1. The van der Waals surface area contributed by atoms with Crippen LogP contribution in [0.1, 0.15) is 18.7 Å². The number of amides is 1. The maximum atomic E-state index is 11.6. The standard InChI is InChI=1S/C12H17NO3S2/c1-8(2)11(12(15)16)13-10(14)7-17-6-9-4-3-5-18-9/h3-5,8,11H,6-7H2,1-2H3,(H,13,14)(H,15,16). The van der Waals surface area contributed by atoms with Crippen molar-refractivity contribution >= 4 is 35.0 Å². The molecule has 18 heavy (non-hydrogen) atoms. The summed E-state index contributed by atoms with van der Waals surface area (Å²) < 4.78 is 0. The zero-order chi connectivity index (χ0) is 13.5. The Morgan fingerprint density at radius 1 is 1.50 bits per heavy atom. The molecule has 0 aromatic carbocycles. The number of carbonyl (C=O) groups excluding carboxylic acids is 1. The molecule has 0 radical (unpaired) electrons. The average molecular weight is 287 g/mol. The van der Waals surface area contributed by atoms with Crippen LogP contribution in [-0.4, -0.2) is 28.8 Å². The Hall–Kier alpha value is -1.01. The zero-order valence-electron chi connectivity index (χ0n) is 10.4. The Morgan fingerprint density at radius 2 is 2.22 bits per heavy atom. The fourth-order valence-corrected chi connectivity index (χ4v) is 3.05. The lowest BCUT2D eigenvalue weighted by molar-refractivity contribution is -0.142. The van der Waals surface area contributed by atoms with E-state index in [4.69, 9.17) is 5.11 Å². The molecule has 1 amide bonds. The fraction of sp³-hybridized carbons (Fsp3) is 0.500. The maximum Gasteiger partial charge on any atom is 0.326 e. The number of aliphatic carboxylic acids is 1. The normalized spacial score (nSPS) is 12.4. The van der Waals surface area contributed by atoms with Crippen molar-refractivity contribution in [3.63, 3.8) is 0 Å². The van der Waals surface area contributed by atoms with Crippen molar-refractivity contribution in [2.24, 2.45) is 5.92 Å². The molecule has 1 heterocycles. The minimum absolute atomic E-state index is 0.117. The summed E-state index contributed by atoms with van der Waals surface area (Å²) in [6.07, 6.45) is 0. The van der Waals surface area contributed by atoms with E-state index in [9.17, 15) is 9.59 Å². The number of thiophene rings is 1. The molecular formula is C12H17NO3S2. The van der Waals surface area contributed by atoms with Crippen molar-refractivity contribution in [2.75, 3.05) is 5.75 Å². The van der Waals surface area contributed by atoms with Gasteiger partial charge < -0.3 is 10.4 Å². The van der Waals surface area contributed by atoms with Gasteiger partial charge in [-0.05, 0) is 17.4 Å². The lowest BCUT2D eigenvalue weighted by Gasteiger charge is -2.17. The molecule has 2 N–H and O–H groups in total. The van der Waals surface area contributed by atoms with Crippen LogP contribution in [0.2, 0.25) is 0 Å². The first kappa shape index (κ1) is 15.0. The monoisotopic (exact) mass is 287 g/mol. The molecule has 4 nitrogen and oxygen atoms in total. The van der Waals surface area contributed by atoms with Gasteiger partial charge in [-0.3, -0.25) is 4.79 Å². The van der Waals surface area contributed by atoms with E-state index in [1.165, 1.54) is 16.6 Å². The summed E-state index contributed by atoms with van der Waals surface area (Å²) in [4.78, 5) is 23.7. The van der Waals surface area contributed by atoms with Gasteiger partial charge in [-0.15, -0.1) is 23.1 Å². The summed E-state index contributed by atoms with van der Waals surface area (Å²) in [6, 6.07) is 3.18. The third-order valence-electron chi connectivity index (χ3n) is 2.31. The predicted octanol–water partition coefficient (Wildman–Crippen LogP) is 2.21. The van der Waals surface area contributed by atoms with E-state index in [1.54, 1.807) is 25.2 Å². The SMILES string of the molecule is CC(C)C(NC(=O)CSCc1cccs1)C(=O)O. The Bertz CT molecular complexity index is 390. The van der Waals surface area contributed by atoms with Crippen molar-refractivity contribution in [2.45, 2.75) is 25.6 Å². The highest BCUT2D eigenvalue weighted by Gasteiger charge is 2.22. The molecule has 0 fully saturated rings. The average Bonchev–Trinajstić information content (AvgIpc) is 2.78.